The van der Waals surface area contributed by atoms with Gasteiger partial charge in [0, 0.05) is 18.7 Å². The van der Waals surface area contributed by atoms with Crippen LogP contribution in [0.2, 0.25) is 0 Å². The summed E-state index contributed by atoms with van der Waals surface area (Å²) in [7, 11) is 0. The van der Waals surface area contributed by atoms with Gasteiger partial charge in [-0.25, -0.2) is 0 Å². The molecule has 0 aliphatic heterocycles. The minimum Gasteiger partial charge on any atom is -0.421 e. The topological polar surface area (TPSA) is 94.9 Å². The van der Waals surface area contributed by atoms with E-state index in [1.165, 1.54) is 0 Å². The first-order valence-corrected chi connectivity index (χ1v) is 7.17. The van der Waals surface area contributed by atoms with Crippen LogP contribution >= 0.6 is 0 Å². The van der Waals surface area contributed by atoms with Crippen molar-refractivity contribution in [3.8, 4) is 11.5 Å². The second kappa shape index (κ2) is 6.00. The summed E-state index contributed by atoms with van der Waals surface area (Å²) in [5.74, 6) is 0.522. The van der Waals surface area contributed by atoms with E-state index in [-0.39, 0.29) is 5.69 Å². The number of aryl methyl sites for hydroxylation is 2. The van der Waals surface area contributed by atoms with Gasteiger partial charge in [0.15, 0.2) is 0 Å². The molecule has 3 aromatic rings. The fourth-order valence-corrected chi connectivity index (χ4v) is 2.29. The third kappa shape index (κ3) is 3.26. The van der Waals surface area contributed by atoms with Crippen LogP contribution in [0.5, 0.6) is 0 Å². The number of nitrogens with zero attached hydrogens (tertiary/aromatic N) is 3. The van der Waals surface area contributed by atoms with Crippen molar-refractivity contribution in [3.05, 3.63) is 64.8 Å². The van der Waals surface area contributed by atoms with E-state index in [4.69, 9.17) is 10.2 Å². The number of carbonyl (C=O) groups excluding carboxylic acids is 1. The van der Waals surface area contributed by atoms with Crippen molar-refractivity contribution in [2.75, 3.05) is 0 Å². The van der Waals surface area contributed by atoms with Gasteiger partial charge in [-0.3, -0.25) is 9.78 Å². The molecule has 2 heterocycles. The van der Waals surface area contributed by atoms with Crippen molar-refractivity contribution in [1.82, 2.24) is 15.2 Å². The van der Waals surface area contributed by atoms with Crippen molar-refractivity contribution in [2.24, 2.45) is 5.73 Å². The molecule has 116 valence electrons. The number of aromatic nitrogens is 3. The smallest absolute Gasteiger partial charge is 0.267 e. The second-order valence-electron chi connectivity index (χ2n) is 5.36. The summed E-state index contributed by atoms with van der Waals surface area (Å²) in [4.78, 5) is 15.3. The van der Waals surface area contributed by atoms with Crippen molar-refractivity contribution in [1.29, 1.82) is 0 Å². The van der Waals surface area contributed by atoms with Crippen molar-refractivity contribution >= 4 is 5.91 Å². The van der Waals surface area contributed by atoms with Crippen LogP contribution in [0, 0.1) is 13.8 Å². The van der Waals surface area contributed by atoms with E-state index in [1.54, 1.807) is 19.2 Å². The van der Waals surface area contributed by atoms with Crippen LogP contribution in [0.25, 0.3) is 11.5 Å². The summed E-state index contributed by atoms with van der Waals surface area (Å²) < 4.78 is 5.41. The third-order valence-electron chi connectivity index (χ3n) is 3.59. The number of primary amides is 1. The SMILES string of the molecule is Cc1nnc(-c2ccc(Cc3cc(C(N)=O)ncc3C)cc2)o1. The maximum Gasteiger partial charge on any atom is 0.267 e. The van der Waals surface area contributed by atoms with Gasteiger partial charge in [-0.15, -0.1) is 10.2 Å². The standard InChI is InChI=1S/C17H16N4O2/c1-10-9-19-15(16(18)22)8-14(10)7-12-3-5-13(6-4-12)17-21-20-11(2)23-17/h3-6,8-9H,7H2,1-2H3,(H2,18,22). The van der Waals surface area contributed by atoms with Gasteiger partial charge in [0.25, 0.3) is 5.91 Å². The van der Waals surface area contributed by atoms with Gasteiger partial charge < -0.3 is 10.2 Å². The summed E-state index contributed by atoms with van der Waals surface area (Å²) in [6.07, 6.45) is 2.36. The lowest BCUT2D eigenvalue weighted by Gasteiger charge is -2.07. The highest BCUT2D eigenvalue weighted by molar-refractivity contribution is 5.90. The molecule has 0 saturated carbocycles. The van der Waals surface area contributed by atoms with Crippen LogP contribution in [0.1, 0.15) is 33.1 Å². The Kier molecular flexibility index (Phi) is 3.89. The van der Waals surface area contributed by atoms with Gasteiger partial charge in [-0.1, -0.05) is 12.1 Å². The largest absolute Gasteiger partial charge is 0.421 e. The molecule has 0 bridgehead atoms. The lowest BCUT2D eigenvalue weighted by molar-refractivity contribution is 0.0995. The Balaban J connectivity index is 1.83. The Bertz CT molecular complexity index is 853. The van der Waals surface area contributed by atoms with E-state index >= 15 is 0 Å². The van der Waals surface area contributed by atoms with Crippen molar-refractivity contribution in [2.45, 2.75) is 20.3 Å². The second-order valence-corrected chi connectivity index (χ2v) is 5.36. The number of amides is 1. The monoisotopic (exact) mass is 308 g/mol. The van der Waals surface area contributed by atoms with Crippen LogP contribution < -0.4 is 5.73 Å². The van der Waals surface area contributed by atoms with Gasteiger partial charge in [-0.05, 0) is 48.2 Å². The zero-order valence-electron chi connectivity index (χ0n) is 12.9. The summed E-state index contributed by atoms with van der Waals surface area (Å²) in [5, 5.41) is 7.82. The lowest BCUT2D eigenvalue weighted by atomic mass is 10.0. The number of hydrogen-bond acceptors (Lipinski definition) is 5. The van der Waals surface area contributed by atoms with Crippen LogP contribution in [0.3, 0.4) is 0 Å². The first-order valence-electron chi connectivity index (χ1n) is 7.17. The Hall–Kier alpha value is -3.02. The van der Waals surface area contributed by atoms with Gasteiger partial charge in [0.05, 0.1) is 0 Å². The number of nitrogens with two attached hydrogens (primary N) is 1. The molecule has 6 nitrogen and oxygen atoms in total. The lowest BCUT2D eigenvalue weighted by Crippen LogP contribution is -2.13. The molecule has 1 amide bonds. The fraction of sp³-hybridized carbons (Fsp3) is 0.176. The molecule has 2 aromatic heterocycles. The predicted octanol–water partition coefficient (Wildman–Crippen LogP) is 2.44. The average molecular weight is 308 g/mol. The molecule has 0 fully saturated rings. The molecule has 0 aliphatic carbocycles. The highest BCUT2D eigenvalue weighted by Gasteiger charge is 2.09. The highest BCUT2D eigenvalue weighted by atomic mass is 16.4. The molecule has 0 radical (unpaired) electrons. The number of pyridine rings is 1. The minimum absolute atomic E-state index is 0.281. The minimum atomic E-state index is -0.520. The summed E-state index contributed by atoms with van der Waals surface area (Å²) in [6, 6.07) is 9.62. The summed E-state index contributed by atoms with van der Waals surface area (Å²) in [6.45, 7) is 3.72. The molecule has 0 aliphatic rings. The third-order valence-corrected chi connectivity index (χ3v) is 3.59. The Morgan fingerprint density at radius 1 is 1.17 bits per heavy atom. The number of benzene rings is 1. The van der Waals surface area contributed by atoms with Crippen LogP contribution in [0.4, 0.5) is 0 Å². The number of rotatable bonds is 4. The zero-order valence-corrected chi connectivity index (χ0v) is 12.9. The van der Waals surface area contributed by atoms with E-state index in [0.29, 0.717) is 18.2 Å². The van der Waals surface area contributed by atoms with E-state index < -0.39 is 5.91 Å². The summed E-state index contributed by atoms with van der Waals surface area (Å²) >= 11 is 0. The molecule has 0 unspecified atom stereocenters. The molecule has 23 heavy (non-hydrogen) atoms. The predicted molar refractivity (Wildman–Crippen MR) is 84.8 cm³/mol. The quantitative estimate of drug-likeness (QED) is 0.798. The average Bonchev–Trinajstić information content (AvgIpc) is 2.96. The molecular formula is C17H16N4O2. The molecule has 1 aromatic carbocycles. The van der Waals surface area contributed by atoms with Crippen LogP contribution in [-0.4, -0.2) is 21.1 Å². The molecule has 3 rings (SSSR count). The van der Waals surface area contributed by atoms with E-state index in [9.17, 15) is 4.79 Å². The Labute approximate surface area is 133 Å². The van der Waals surface area contributed by atoms with Gasteiger partial charge in [0.2, 0.25) is 11.8 Å². The first kappa shape index (κ1) is 14.9. The van der Waals surface area contributed by atoms with E-state index in [0.717, 1.165) is 22.3 Å². The maximum absolute atomic E-state index is 11.3. The number of carbonyl (C=O) groups is 1. The van der Waals surface area contributed by atoms with Gasteiger partial charge >= 0.3 is 0 Å². The number of hydrogen-bond donors (Lipinski definition) is 1. The van der Waals surface area contributed by atoms with Crippen molar-refractivity contribution < 1.29 is 9.21 Å². The van der Waals surface area contributed by atoms with Crippen molar-refractivity contribution in [3.63, 3.8) is 0 Å². The molecule has 0 saturated heterocycles. The van der Waals surface area contributed by atoms with Crippen LogP contribution in [0.15, 0.2) is 40.9 Å². The van der Waals surface area contributed by atoms with Gasteiger partial charge in [-0.2, -0.15) is 0 Å². The maximum atomic E-state index is 11.3. The summed E-state index contributed by atoms with van der Waals surface area (Å²) in [5.41, 5.74) is 9.59. The Morgan fingerprint density at radius 2 is 1.91 bits per heavy atom. The fourth-order valence-electron chi connectivity index (χ4n) is 2.29. The normalized spacial score (nSPS) is 10.7. The molecule has 6 heteroatoms. The van der Waals surface area contributed by atoms with Gasteiger partial charge in [0.1, 0.15) is 5.69 Å². The van der Waals surface area contributed by atoms with Crippen LogP contribution in [-0.2, 0) is 6.42 Å². The first-order chi connectivity index (χ1) is 11.0. The van der Waals surface area contributed by atoms with E-state index in [1.807, 2.05) is 31.2 Å². The highest BCUT2D eigenvalue weighted by Crippen LogP contribution is 2.20. The molecule has 0 spiro atoms. The molecule has 2 N–H and O–H groups in total. The van der Waals surface area contributed by atoms with E-state index in [2.05, 4.69) is 15.2 Å². The zero-order chi connectivity index (χ0) is 16.4. The Morgan fingerprint density at radius 3 is 2.52 bits per heavy atom. The molecule has 0 atom stereocenters. The molecular weight excluding hydrogens is 292 g/mol.